The third kappa shape index (κ3) is 3.83. The van der Waals surface area contributed by atoms with Crippen LogP contribution in [0.15, 0.2) is 40.9 Å². The second-order valence-electron chi connectivity index (χ2n) is 5.42. The van der Waals surface area contributed by atoms with Crippen LogP contribution in [0.4, 0.5) is 4.39 Å². The van der Waals surface area contributed by atoms with Crippen molar-refractivity contribution in [3.8, 4) is 11.5 Å². The van der Waals surface area contributed by atoms with Gasteiger partial charge in [0.2, 0.25) is 0 Å². The molecule has 0 atom stereocenters. The van der Waals surface area contributed by atoms with E-state index < -0.39 is 0 Å². The van der Waals surface area contributed by atoms with E-state index in [-0.39, 0.29) is 5.82 Å². The van der Waals surface area contributed by atoms with E-state index in [1.54, 1.807) is 6.07 Å². The minimum Gasteiger partial charge on any atom is -0.457 e. The molecule has 4 heteroatoms. The zero-order valence-corrected chi connectivity index (χ0v) is 13.4. The summed E-state index contributed by atoms with van der Waals surface area (Å²) in [7, 11) is 0. The van der Waals surface area contributed by atoms with Crippen LogP contribution >= 0.6 is 15.9 Å². The molecule has 2 nitrogen and oxygen atoms in total. The molecule has 2 aromatic rings. The number of rotatable bonds is 5. The molecule has 110 valence electrons. The summed E-state index contributed by atoms with van der Waals surface area (Å²) in [5, 5.41) is 3.48. The molecule has 1 N–H and O–H groups in total. The quantitative estimate of drug-likeness (QED) is 0.825. The predicted molar refractivity (Wildman–Crippen MR) is 85.2 cm³/mol. The molecule has 2 aromatic carbocycles. The summed E-state index contributed by atoms with van der Waals surface area (Å²) < 4.78 is 20.3. The number of halogens is 2. The third-order valence-electron chi connectivity index (χ3n) is 3.55. The average molecular weight is 350 g/mol. The number of aryl methyl sites for hydroxylation is 1. The van der Waals surface area contributed by atoms with Crippen LogP contribution in [0.1, 0.15) is 24.0 Å². The lowest BCUT2D eigenvalue weighted by Crippen LogP contribution is -2.15. The fraction of sp³-hybridized carbons (Fsp3) is 0.294. The molecular weight excluding hydrogens is 333 g/mol. The molecular formula is C17H17BrFNO. The van der Waals surface area contributed by atoms with Crippen molar-refractivity contribution >= 4 is 15.9 Å². The maximum atomic E-state index is 13.4. The number of benzene rings is 2. The number of hydrogen-bond donors (Lipinski definition) is 1. The van der Waals surface area contributed by atoms with Gasteiger partial charge in [-0.2, -0.15) is 0 Å². The molecule has 0 unspecified atom stereocenters. The van der Waals surface area contributed by atoms with E-state index in [1.807, 2.05) is 25.1 Å². The van der Waals surface area contributed by atoms with Gasteiger partial charge >= 0.3 is 0 Å². The van der Waals surface area contributed by atoms with Crippen LogP contribution in [-0.4, -0.2) is 6.04 Å². The lowest BCUT2D eigenvalue weighted by atomic mass is 10.2. The van der Waals surface area contributed by atoms with Crippen molar-refractivity contribution in [3.63, 3.8) is 0 Å². The Kier molecular flexibility index (Phi) is 4.27. The first-order valence-electron chi connectivity index (χ1n) is 7.07. The van der Waals surface area contributed by atoms with Crippen molar-refractivity contribution in [2.45, 2.75) is 32.4 Å². The number of ether oxygens (including phenoxy) is 1. The molecule has 0 saturated heterocycles. The van der Waals surface area contributed by atoms with E-state index in [1.165, 1.54) is 25.0 Å². The summed E-state index contributed by atoms with van der Waals surface area (Å²) in [4.78, 5) is 0. The third-order valence-corrected chi connectivity index (χ3v) is 4.04. The minimum absolute atomic E-state index is 0.287. The van der Waals surface area contributed by atoms with E-state index >= 15 is 0 Å². The summed E-state index contributed by atoms with van der Waals surface area (Å²) in [6.45, 7) is 2.67. The first-order chi connectivity index (χ1) is 10.1. The normalized spacial score (nSPS) is 14.2. The highest BCUT2D eigenvalue weighted by atomic mass is 79.9. The van der Waals surface area contributed by atoms with Crippen LogP contribution in [-0.2, 0) is 6.54 Å². The number of nitrogens with one attached hydrogen (secondary N) is 1. The van der Waals surface area contributed by atoms with E-state index in [2.05, 4.69) is 21.2 Å². The number of hydrogen-bond acceptors (Lipinski definition) is 2. The second kappa shape index (κ2) is 6.16. The van der Waals surface area contributed by atoms with E-state index in [0.717, 1.165) is 27.9 Å². The molecule has 1 aliphatic carbocycles. The highest BCUT2D eigenvalue weighted by Gasteiger charge is 2.20. The van der Waals surface area contributed by atoms with Gasteiger partial charge in [0, 0.05) is 28.7 Å². The van der Waals surface area contributed by atoms with Crippen molar-refractivity contribution in [1.29, 1.82) is 0 Å². The Hall–Kier alpha value is -1.39. The Morgan fingerprint density at radius 2 is 2.00 bits per heavy atom. The van der Waals surface area contributed by atoms with E-state index in [9.17, 15) is 4.39 Å². The van der Waals surface area contributed by atoms with Gasteiger partial charge in [-0.3, -0.25) is 0 Å². The monoisotopic (exact) mass is 349 g/mol. The molecule has 1 fully saturated rings. The SMILES string of the molecule is Cc1ccc(F)cc1Oc1ccc(Br)cc1CNC1CC1. The second-order valence-corrected chi connectivity index (χ2v) is 6.33. The van der Waals surface area contributed by atoms with Gasteiger partial charge < -0.3 is 10.1 Å². The van der Waals surface area contributed by atoms with Gasteiger partial charge in [0.25, 0.3) is 0 Å². The topological polar surface area (TPSA) is 21.3 Å². The largest absolute Gasteiger partial charge is 0.457 e. The molecule has 0 aliphatic heterocycles. The van der Waals surface area contributed by atoms with E-state index in [4.69, 9.17) is 4.74 Å². The van der Waals surface area contributed by atoms with Gasteiger partial charge in [-0.25, -0.2) is 4.39 Å². The Morgan fingerprint density at radius 1 is 1.19 bits per heavy atom. The Morgan fingerprint density at radius 3 is 2.76 bits per heavy atom. The van der Waals surface area contributed by atoms with Gasteiger partial charge in [0.05, 0.1) is 0 Å². The summed E-state index contributed by atoms with van der Waals surface area (Å²) in [5.74, 6) is 1.04. The maximum Gasteiger partial charge on any atom is 0.133 e. The van der Waals surface area contributed by atoms with Crippen molar-refractivity contribution in [2.75, 3.05) is 0 Å². The van der Waals surface area contributed by atoms with Crippen LogP contribution < -0.4 is 10.1 Å². The standard InChI is InChI=1S/C17H17BrFNO/c1-11-2-4-14(19)9-17(11)21-16-7-3-13(18)8-12(16)10-20-15-5-6-15/h2-4,7-9,15,20H,5-6,10H2,1H3. The molecule has 0 aromatic heterocycles. The van der Waals surface area contributed by atoms with Gasteiger partial charge in [-0.1, -0.05) is 22.0 Å². The molecule has 0 bridgehead atoms. The van der Waals surface area contributed by atoms with E-state index in [0.29, 0.717) is 11.8 Å². The van der Waals surface area contributed by atoms with Crippen LogP contribution in [0, 0.1) is 12.7 Å². The van der Waals surface area contributed by atoms with Gasteiger partial charge in [-0.05, 0) is 49.6 Å². The van der Waals surface area contributed by atoms with Crippen LogP contribution in [0.3, 0.4) is 0 Å². The summed E-state index contributed by atoms with van der Waals surface area (Å²) >= 11 is 3.49. The smallest absolute Gasteiger partial charge is 0.133 e. The van der Waals surface area contributed by atoms with Crippen molar-refractivity contribution in [1.82, 2.24) is 5.32 Å². The summed E-state index contributed by atoms with van der Waals surface area (Å²) in [5.41, 5.74) is 1.99. The summed E-state index contributed by atoms with van der Waals surface area (Å²) in [6.07, 6.45) is 2.49. The van der Waals surface area contributed by atoms with Gasteiger partial charge in [0.15, 0.2) is 0 Å². The molecule has 3 rings (SSSR count). The fourth-order valence-electron chi connectivity index (χ4n) is 2.13. The zero-order valence-electron chi connectivity index (χ0n) is 11.8. The Balaban J connectivity index is 1.84. The lowest BCUT2D eigenvalue weighted by Gasteiger charge is -2.14. The predicted octanol–water partition coefficient (Wildman–Crippen LogP) is 4.94. The first-order valence-corrected chi connectivity index (χ1v) is 7.87. The average Bonchev–Trinajstić information content (AvgIpc) is 3.27. The molecule has 1 aliphatic rings. The molecule has 21 heavy (non-hydrogen) atoms. The van der Waals surface area contributed by atoms with Crippen LogP contribution in [0.2, 0.25) is 0 Å². The van der Waals surface area contributed by atoms with Crippen molar-refractivity contribution in [3.05, 3.63) is 57.8 Å². The Bertz CT molecular complexity index is 655. The van der Waals surface area contributed by atoms with Crippen molar-refractivity contribution < 1.29 is 9.13 Å². The summed E-state index contributed by atoms with van der Waals surface area (Å²) in [6, 6.07) is 11.1. The first kappa shape index (κ1) is 14.5. The van der Waals surface area contributed by atoms with Gasteiger partial charge in [-0.15, -0.1) is 0 Å². The highest BCUT2D eigenvalue weighted by molar-refractivity contribution is 9.10. The maximum absolute atomic E-state index is 13.4. The zero-order chi connectivity index (χ0) is 14.8. The fourth-order valence-corrected chi connectivity index (χ4v) is 2.54. The molecule has 0 radical (unpaired) electrons. The molecule has 0 spiro atoms. The van der Waals surface area contributed by atoms with Gasteiger partial charge in [0.1, 0.15) is 17.3 Å². The lowest BCUT2D eigenvalue weighted by molar-refractivity contribution is 0.463. The molecule has 0 amide bonds. The molecule has 1 saturated carbocycles. The molecule has 0 heterocycles. The minimum atomic E-state index is -0.287. The van der Waals surface area contributed by atoms with Crippen LogP contribution in [0.5, 0.6) is 11.5 Å². The Labute approximate surface area is 132 Å². The highest BCUT2D eigenvalue weighted by Crippen LogP contribution is 2.31. The van der Waals surface area contributed by atoms with Crippen molar-refractivity contribution in [2.24, 2.45) is 0 Å². The van der Waals surface area contributed by atoms with Crippen LogP contribution in [0.25, 0.3) is 0 Å².